The van der Waals surface area contributed by atoms with Crippen molar-refractivity contribution in [2.45, 2.75) is 44.9 Å². The Kier molecular flexibility index (Phi) is 11.1. The van der Waals surface area contributed by atoms with Gasteiger partial charge in [0.25, 0.3) is 0 Å². The van der Waals surface area contributed by atoms with E-state index in [1.54, 1.807) is 27.0 Å². The maximum Gasteiger partial charge on any atom is 0.417 e. The summed E-state index contributed by atoms with van der Waals surface area (Å²) in [7, 11) is 6.09. The van der Waals surface area contributed by atoms with Crippen molar-refractivity contribution in [1.82, 2.24) is 4.90 Å². The first-order chi connectivity index (χ1) is 21.2. The van der Waals surface area contributed by atoms with Gasteiger partial charge in [-0.3, -0.25) is 4.79 Å². The first-order valence-electron chi connectivity index (χ1n) is 14.5. The smallest absolute Gasteiger partial charge is 0.417 e. The summed E-state index contributed by atoms with van der Waals surface area (Å²) < 4.78 is 33.5. The number of nitrogens with zero attached hydrogens (tertiary/aromatic N) is 1. The van der Waals surface area contributed by atoms with E-state index in [9.17, 15) is 14.7 Å². The molecule has 4 atom stereocenters. The van der Waals surface area contributed by atoms with E-state index < -0.39 is 36.0 Å². The number of amides is 2. The summed E-state index contributed by atoms with van der Waals surface area (Å²) in [6.45, 7) is 4.06. The molecular weight excluding hydrogens is 566 g/mol. The Bertz CT molecular complexity index is 1410. The molecule has 1 fully saturated rings. The number of hydrogen-bond acceptors (Lipinski definition) is 9. The Morgan fingerprint density at radius 1 is 0.955 bits per heavy atom. The van der Waals surface area contributed by atoms with Crippen LogP contribution in [0.4, 0.5) is 4.79 Å². The Hall–Kier alpha value is -4.28. The number of hydrogen-bond donors (Lipinski definition) is 1. The van der Waals surface area contributed by atoms with Crippen LogP contribution in [-0.2, 0) is 27.3 Å². The topological polar surface area (TPSA) is 113 Å². The second kappa shape index (κ2) is 14.9. The molecular formula is C34H41NO9. The molecule has 0 spiro atoms. The normalized spacial score (nSPS) is 16.6. The molecule has 0 aliphatic carbocycles. The van der Waals surface area contributed by atoms with Crippen LogP contribution in [0, 0.1) is 12.8 Å². The van der Waals surface area contributed by atoms with E-state index in [4.69, 9.17) is 28.4 Å². The van der Waals surface area contributed by atoms with Crippen molar-refractivity contribution >= 4 is 12.0 Å². The van der Waals surface area contributed by atoms with E-state index in [0.717, 1.165) is 21.8 Å². The van der Waals surface area contributed by atoms with Gasteiger partial charge in [0.15, 0.2) is 11.5 Å². The monoisotopic (exact) mass is 607 g/mol. The van der Waals surface area contributed by atoms with Gasteiger partial charge >= 0.3 is 6.09 Å². The number of methoxy groups -OCH3 is 4. The molecule has 0 bridgehead atoms. The number of rotatable bonds is 14. The van der Waals surface area contributed by atoms with E-state index in [0.29, 0.717) is 41.4 Å². The number of carbonyl (C=O) groups excluding carboxylic acids is 2. The number of ether oxygens (including phenoxy) is 6. The fraction of sp³-hybridized carbons (Fsp3) is 0.412. The van der Waals surface area contributed by atoms with E-state index >= 15 is 0 Å². The van der Waals surface area contributed by atoms with Crippen molar-refractivity contribution in [2.24, 2.45) is 5.92 Å². The summed E-state index contributed by atoms with van der Waals surface area (Å²) in [6.07, 6.45) is -1.62. The van der Waals surface area contributed by atoms with Crippen LogP contribution in [0.5, 0.6) is 23.0 Å². The van der Waals surface area contributed by atoms with Crippen molar-refractivity contribution in [3.8, 4) is 23.0 Å². The maximum absolute atomic E-state index is 14.5. The van der Waals surface area contributed by atoms with Gasteiger partial charge in [-0.05, 0) is 42.7 Å². The van der Waals surface area contributed by atoms with Gasteiger partial charge < -0.3 is 33.5 Å². The molecule has 0 aromatic heterocycles. The molecule has 236 valence electrons. The summed E-state index contributed by atoms with van der Waals surface area (Å²) in [5.74, 6) is -0.458. The summed E-state index contributed by atoms with van der Waals surface area (Å²) in [5.41, 5.74) is 2.83. The standard InChI is InChI=1S/C34H41NO9/c1-21(18-43-19-24-12-14-26(39-3)15-13-24)30(36)29(27-17-28(40-4)32(42-6)22(2)31(27)41-5)33(37)35-25(20-44-34(35)38)16-23-10-8-7-9-11-23/h7-15,17,21,25,29-30,36H,16,18-20H2,1-6H3/t21-,25-,29+,30+/m1/s1. The minimum absolute atomic E-state index is 0.0465. The van der Waals surface area contributed by atoms with Crippen LogP contribution in [0.1, 0.15) is 35.1 Å². The van der Waals surface area contributed by atoms with Crippen molar-refractivity contribution < 1.29 is 43.1 Å². The zero-order valence-electron chi connectivity index (χ0n) is 26.1. The molecule has 1 heterocycles. The number of carbonyl (C=O) groups is 2. The van der Waals surface area contributed by atoms with E-state index in [2.05, 4.69) is 0 Å². The molecule has 3 aromatic rings. The van der Waals surface area contributed by atoms with Gasteiger partial charge in [-0.2, -0.15) is 0 Å². The number of imide groups is 1. The molecule has 10 nitrogen and oxygen atoms in total. The van der Waals surface area contributed by atoms with Crippen molar-refractivity contribution in [1.29, 1.82) is 0 Å². The van der Waals surface area contributed by atoms with Crippen molar-refractivity contribution in [3.05, 3.63) is 82.9 Å². The Morgan fingerprint density at radius 2 is 1.64 bits per heavy atom. The van der Waals surface area contributed by atoms with Crippen LogP contribution >= 0.6 is 0 Å². The lowest BCUT2D eigenvalue weighted by molar-refractivity contribution is -0.135. The van der Waals surface area contributed by atoms with Gasteiger partial charge in [-0.25, -0.2) is 9.69 Å². The SMILES string of the molecule is COc1ccc(COC[C@@H](C)[C@H](O)[C@@H](C(=O)N2C(=O)OC[C@H]2Cc2ccccc2)c2cc(OC)c(OC)c(C)c2OC)cc1. The van der Waals surface area contributed by atoms with Gasteiger partial charge in [-0.15, -0.1) is 0 Å². The second-order valence-corrected chi connectivity index (χ2v) is 10.8. The van der Waals surface area contributed by atoms with Gasteiger partial charge in [0, 0.05) is 17.0 Å². The Labute approximate surface area is 258 Å². The van der Waals surface area contributed by atoms with Crippen LogP contribution in [0.15, 0.2) is 60.7 Å². The van der Waals surface area contributed by atoms with E-state index in [-0.39, 0.29) is 13.2 Å². The number of cyclic esters (lactones) is 1. The molecule has 1 N–H and O–H groups in total. The average molecular weight is 608 g/mol. The fourth-order valence-electron chi connectivity index (χ4n) is 5.58. The first-order valence-corrected chi connectivity index (χ1v) is 14.5. The first kappa shape index (κ1) is 32.6. The predicted octanol–water partition coefficient (Wildman–Crippen LogP) is 4.92. The summed E-state index contributed by atoms with van der Waals surface area (Å²) >= 11 is 0. The molecule has 2 amide bonds. The van der Waals surface area contributed by atoms with Gasteiger partial charge in [0.05, 0.1) is 59.7 Å². The average Bonchev–Trinajstić information content (AvgIpc) is 3.40. The van der Waals surface area contributed by atoms with Gasteiger partial charge in [0.1, 0.15) is 18.1 Å². The number of aliphatic hydroxyl groups excluding tert-OH is 1. The van der Waals surface area contributed by atoms with Crippen molar-refractivity contribution in [3.63, 3.8) is 0 Å². The van der Waals surface area contributed by atoms with Crippen LogP contribution in [0.25, 0.3) is 0 Å². The van der Waals surface area contributed by atoms with Crippen molar-refractivity contribution in [2.75, 3.05) is 41.7 Å². The van der Waals surface area contributed by atoms with Crippen LogP contribution in [0.3, 0.4) is 0 Å². The zero-order chi connectivity index (χ0) is 31.8. The Balaban J connectivity index is 1.68. The highest BCUT2D eigenvalue weighted by atomic mass is 16.6. The summed E-state index contributed by atoms with van der Waals surface area (Å²) in [4.78, 5) is 28.7. The highest BCUT2D eigenvalue weighted by Gasteiger charge is 2.46. The minimum Gasteiger partial charge on any atom is -0.497 e. The molecule has 1 saturated heterocycles. The number of aliphatic hydroxyl groups is 1. The molecule has 3 aromatic carbocycles. The lowest BCUT2D eigenvalue weighted by atomic mass is 9.83. The van der Waals surface area contributed by atoms with Crippen LogP contribution in [-0.4, -0.2) is 75.8 Å². The van der Waals surface area contributed by atoms with Crippen LogP contribution < -0.4 is 18.9 Å². The van der Waals surface area contributed by atoms with Gasteiger partial charge in [0.2, 0.25) is 5.91 Å². The second-order valence-electron chi connectivity index (χ2n) is 10.8. The molecule has 4 rings (SSSR count). The third kappa shape index (κ3) is 7.09. The summed E-state index contributed by atoms with van der Waals surface area (Å²) in [5, 5.41) is 11.9. The molecule has 0 radical (unpaired) electrons. The molecule has 1 aliphatic rings. The fourth-order valence-corrected chi connectivity index (χ4v) is 5.58. The lowest BCUT2D eigenvalue weighted by Crippen LogP contribution is -2.47. The quantitative estimate of drug-likeness (QED) is 0.273. The Morgan fingerprint density at radius 3 is 2.25 bits per heavy atom. The predicted molar refractivity (Wildman–Crippen MR) is 164 cm³/mol. The largest absolute Gasteiger partial charge is 0.497 e. The van der Waals surface area contributed by atoms with E-state index in [1.807, 2.05) is 54.6 Å². The van der Waals surface area contributed by atoms with Crippen LogP contribution in [0.2, 0.25) is 0 Å². The highest BCUT2D eigenvalue weighted by Crippen LogP contribution is 2.45. The number of benzene rings is 3. The molecule has 10 heteroatoms. The maximum atomic E-state index is 14.5. The highest BCUT2D eigenvalue weighted by molar-refractivity contribution is 5.98. The molecule has 0 unspecified atom stereocenters. The third-order valence-electron chi connectivity index (χ3n) is 7.93. The lowest BCUT2D eigenvalue weighted by Gasteiger charge is -2.32. The van der Waals surface area contributed by atoms with Gasteiger partial charge in [-0.1, -0.05) is 49.4 Å². The van der Waals surface area contributed by atoms with E-state index in [1.165, 1.54) is 21.3 Å². The molecule has 44 heavy (non-hydrogen) atoms. The third-order valence-corrected chi connectivity index (χ3v) is 7.93. The summed E-state index contributed by atoms with van der Waals surface area (Å²) in [6, 6.07) is 18.1. The minimum atomic E-state index is -1.27. The molecule has 0 saturated carbocycles. The molecule has 1 aliphatic heterocycles. The zero-order valence-corrected chi connectivity index (χ0v) is 26.1.